The highest BCUT2D eigenvalue weighted by Crippen LogP contribution is 2.37. The standard InChI is InChI=1S/C41H69NO33/c42-4-2-1-3-5-64-36-22(55)16(49)27(10(6-43)65-36)72-41-26(59)20(53)31(33(75-41)35(62)63)73-39-25(58)19(52)29(12(8-45)68-39)70-37-23(56)17(50)28(11(7-44)66-37)69-38-24(57)18(51)30(13(9-46)67-38)71-40-21(54)14(47)15(48)32(74-40)34(60)61/h10-33,36-41,43-59H,1-9,42H2,(H,60,61)(H,62,63)/t10?,11?,12?,13?,14?,15-,16?,17?,18?,19?,20?,21?,22?,23?,24?,25?,26?,27+,28+,29-,30+,31-,32?,33?,36+,37+,38-,39+,40+,41+/m0/s1. The molecule has 6 fully saturated rings. The summed E-state index contributed by atoms with van der Waals surface area (Å²) in [6.07, 6.45) is -58.9. The van der Waals surface area contributed by atoms with E-state index in [1.165, 1.54) is 0 Å². The Balaban J connectivity index is 1.06. The second-order valence-electron chi connectivity index (χ2n) is 18.5. The molecule has 34 heteroatoms. The number of rotatable bonds is 22. The zero-order chi connectivity index (χ0) is 55.3. The van der Waals surface area contributed by atoms with Crippen LogP contribution in [0.3, 0.4) is 0 Å². The van der Waals surface area contributed by atoms with Crippen LogP contribution in [-0.4, -0.2) is 333 Å². The Morgan fingerprint density at radius 3 is 0.987 bits per heavy atom. The lowest BCUT2D eigenvalue weighted by Gasteiger charge is -2.49. The molecule has 6 heterocycles. The molecule has 436 valence electrons. The number of aliphatic hydroxyl groups is 17. The number of carbonyl (C=O) groups is 2. The summed E-state index contributed by atoms with van der Waals surface area (Å²) in [7, 11) is 0. The van der Waals surface area contributed by atoms with Crippen LogP contribution in [0.4, 0.5) is 0 Å². The van der Waals surface area contributed by atoms with Gasteiger partial charge in [-0.3, -0.25) is 0 Å². The lowest BCUT2D eigenvalue weighted by Crippen LogP contribution is -2.68. The molecule has 75 heavy (non-hydrogen) atoms. The summed E-state index contributed by atoms with van der Waals surface area (Å²) < 4.78 is 66.0. The number of ether oxygens (including phenoxy) is 12. The molecule has 0 aromatic rings. The molecular weight excluding hydrogens is 1030 g/mol. The van der Waals surface area contributed by atoms with Crippen LogP contribution in [0.25, 0.3) is 0 Å². The van der Waals surface area contributed by atoms with Crippen LogP contribution in [-0.2, 0) is 66.4 Å². The molecule has 34 nitrogen and oxygen atoms in total. The van der Waals surface area contributed by atoms with Gasteiger partial charge in [0.25, 0.3) is 0 Å². The summed E-state index contributed by atoms with van der Waals surface area (Å²) in [4.78, 5) is 24.1. The summed E-state index contributed by atoms with van der Waals surface area (Å²) in [6, 6.07) is 0. The fourth-order valence-corrected chi connectivity index (χ4v) is 9.22. The molecule has 18 unspecified atom stereocenters. The van der Waals surface area contributed by atoms with E-state index in [-0.39, 0.29) is 6.61 Å². The number of hydrogen-bond donors (Lipinski definition) is 20. The average molecular weight is 1100 g/mol. The van der Waals surface area contributed by atoms with E-state index >= 15 is 0 Å². The number of carboxylic acids is 2. The average Bonchev–Trinajstić information content (AvgIpc) is 3.38. The lowest BCUT2D eigenvalue weighted by atomic mass is 9.95. The largest absolute Gasteiger partial charge is 0.479 e. The maximum atomic E-state index is 12.5. The van der Waals surface area contributed by atoms with Crippen LogP contribution in [0.1, 0.15) is 19.3 Å². The van der Waals surface area contributed by atoms with E-state index in [1.807, 2.05) is 0 Å². The zero-order valence-corrected chi connectivity index (χ0v) is 39.5. The lowest BCUT2D eigenvalue weighted by molar-refractivity contribution is -0.394. The normalized spacial score (nSPS) is 48.8. The molecule has 0 aliphatic carbocycles. The van der Waals surface area contributed by atoms with Crippen LogP contribution in [0, 0.1) is 0 Å². The molecule has 0 saturated carbocycles. The fraction of sp³-hybridized carbons (Fsp3) is 0.951. The van der Waals surface area contributed by atoms with Gasteiger partial charge in [0.2, 0.25) is 0 Å². The summed E-state index contributed by atoms with van der Waals surface area (Å²) in [6.45, 7) is -3.56. The number of aliphatic hydroxyl groups excluding tert-OH is 17. The first-order chi connectivity index (χ1) is 35.5. The number of unbranched alkanes of at least 4 members (excludes halogenated alkanes) is 2. The Bertz CT molecular complexity index is 1770. The molecule has 0 radical (unpaired) electrons. The number of hydrogen-bond acceptors (Lipinski definition) is 32. The van der Waals surface area contributed by atoms with Gasteiger partial charge in [-0.15, -0.1) is 0 Å². The number of aliphatic carboxylic acids is 2. The van der Waals surface area contributed by atoms with Crippen LogP contribution < -0.4 is 5.73 Å². The van der Waals surface area contributed by atoms with Gasteiger partial charge in [-0.05, 0) is 25.8 Å². The molecule has 0 aromatic heterocycles. The molecule has 6 saturated heterocycles. The smallest absolute Gasteiger partial charge is 0.335 e. The van der Waals surface area contributed by atoms with Gasteiger partial charge in [-0.25, -0.2) is 9.59 Å². The monoisotopic (exact) mass is 1100 g/mol. The quantitative estimate of drug-likeness (QED) is 0.0448. The molecule has 6 aliphatic rings. The van der Waals surface area contributed by atoms with Crippen molar-refractivity contribution in [2.24, 2.45) is 5.73 Å². The topological polar surface area (TPSA) is 555 Å². The minimum atomic E-state index is -2.31. The van der Waals surface area contributed by atoms with Crippen molar-refractivity contribution in [3.63, 3.8) is 0 Å². The Hall–Kier alpha value is -2.26. The zero-order valence-electron chi connectivity index (χ0n) is 39.5. The molecule has 0 spiro atoms. The number of carboxylic acid groups (broad SMARTS) is 2. The van der Waals surface area contributed by atoms with Gasteiger partial charge in [0.15, 0.2) is 49.9 Å². The predicted octanol–water partition coefficient (Wildman–Crippen LogP) is -12.8. The summed E-state index contributed by atoms with van der Waals surface area (Å²) in [5, 5.41) is 201. The maximum absolute atomic E-state index is 12.5. The van der Waals surface area contributed by atoms with E-state index in [2.05, 4.69) is 0 Å². The van der Waals surface area contributed by atoms with Crippen molar-refractivity contribution >= 4 is 11.9 Å². The van der Waals surface area contributed by atoms with Crippen molar-refractivity contribution in [3.8, 4) is 0 Å². The maximum Gasteiger partial charge on any atom is 0.335 e. The predicted molar refractivity (Wildman–Crippen MR) is 227 cm³/mol. The third-order valence-electron chi connectivity index (χ3n) is 13.5. The van der Waals surface area contributed by atoms with Crippen molar-refractivity contribution < 1.29 is 163 Å². The van der Waals surface area contributed by atoms with Crippen molar-refractivity contribution in [1.29, 1.82) is 0 Å². The summed E-state index contributed by atoms with van der Waals surface area (Å²) in [5.74, 6) is -3.64. The Labute approximate surface area is 423 Å². The van der Waals surface area contributed by atoms with Gasteiger partial charge in [0, 0.05) is 6.61 Å². The van der Waals surface area contributed by atoms with Crippen molar-refractivity contribution in [1.82, 2.24) is 0 Å². The first kappa shape index (κ1) is 61.9. The molecule has 0 amide bonds. The minimum Gasteiger partial charge on any atom is -0.479 e. The molecule has 0 bridgehead atoms. The van der Waals surface area contributed by atoms with Gasteiger partial charge in [0.05, 0.1) is 26.4 Å². The minimum absolute atomic E-state index is 0.0777. The van der Waals surface area contributed by atoms with Crippen LogP contribution in [0.5, 0.6) is 0 Å². The van der Waals surface area contributed by atoms with Crippen molar-refractivity contribution in [3.05, 3.63) is 0 Å². The van der Waals surface area contributed by atoms with Gasteiger partial charge >= 0.3 is 11.9 Å². The second-order valence-corrected chi connectivity index (χ2v) is 18.5. The third-order valence-corrected chi connectivity index (χ3v) is 13.5. The van der Waals surface area contributed by atoms with E-state index in [4.69, 9.17) is 62.6 Å². The fourth-order valence-electron chi connectivity index (χ4n) is 9.22. The van der Waals surface area contributed by atoms with E-state index in [0.29, 0.717) is 25.8 Å². The summed E-state index contributed by atoms with van der Waals surface area (Å²) in [5.41, 5.74) is 5.48. The molecule has 6 rings (SSSR count). The van der Waals surface area contributed by atoms with Crippen LogP contribution in [0.2, 0.25) is 0 Å². The Morgan fingerprint density at radius 1 is 0.347 bits per heavy atom. The van der Waals surface area contributed by atoms with E-state index in [0.717, 1.165) is 0 Å². The van der Waals surface area contributed by atoms with Gasteiger partial charge in [-0.1, -0.05) is 0 Å². The molecule has 30 atom stereocenters. The highest BCUT2D eigenvalue weighted by Gasteiger charge is 2.58. The Morgan fingerprint density at radius 2 is 0.640 bits per heavy atom. The van der Waals surface area contributed by atoms with Gasteiger partial charge in [0.1, 0.15) is 134 Å². The number of nitrogens with two attached hydrogens (primary N) is 1. The Kier molecular flexibility index (Phi) is 22.5. The van der Waals surface area contributed by atoms with Crippen molar-refractivity contribution in [2.75, 3.05) is 39.6 Å². The van der Waals surface area contributed by atoms with Gasteiger partial charge in [-0.2, -0.15) is 0 Å². The molecule has 0 aromatic carbocycles. The van der Waals surface area contributed by atoms with Gasteiger partial charge < -0.3 is 160 Å². The molecule has 6 aliphatic heterocycles. The van der Waals surface area contributed by atoms with E-state index < -0.39 is 223 Å². The first-order valence-electron chi connectivity index (χ1n) is 23.8. The third kappa shape index (κ3) is 13.5. The SMILES string of the molecule is NCCCCCO[C@@H]1OC(CO)[C@@H](O[C@@H]2OC(C(=O)O)[C@@H](O[C@H]3OC(CO)[C@H](O[C@H]4OC(CO)[C@@H](O[C@@H]5OC(CO)[C@@H](O[C@@H]6OC(C(=O)O)[C@@H](O)C(O)C6O)C(O)C5O)C(O)C4O)C(O)C3O)C(O)C2O)C(O)C1O. The van der Waals surface area contributed by atoms with Crippen LogP contribution in [0.15, 0.2) is 0 Å². The molecule has 21 N–H and O–H groups in total. The highest BCUT2D eigenvalue weighted by molar-refractivity contribution is 5.74. The van der Waals surface area contributed by atoms with E-state index in [1.54, 1.807) is 0 Å². The highest BCUT2D eigenvalue weighted by atomic mass is 16.8. The van der Waals surface area contributed by atoms with E-state index in [9.17, 15) is 107 Å². The second kappa shape index (κ2) is 27.3. The summed E-state index contributed by atoms with van der Waals surface area (Å²) >= 11 is 0. The molecular formula is C41H69NO33. The van der Waals surface area contributed by atoms with Crippen molar-refractivity contribution in [2.45, 2.75) is 203 Å². The van der Waals surface area contributed by atoms with Crippen LogP contribution >= 0.6 is 0 Å². The first-order valence-corrected chi connectivity index (χ1v) is 23.8.